The molecular formula is C65H82N6O10S2. The first-order valence-electron chi connectivity index (χ1n) is 29.0. The van der Waals surface area contributed by atoms with Gasteiger partial charge < -0.3 is 63.0 Å². The van der Waals surface area contributed by atoms with Crippen molar-refractivity contribution in [2.75, 3.05) is 31.2 Å². The Bertz CT molecular complexity index is 3100. The third-order valence-corrected chi connectivity index (χ3v) is 20.9. The fourth-order valence-electron chi connectivity index (χ4n) is 13.9. The number of ketones is 1. The molecule has 12 unspecified atom stereocenters. The molecule has 3 aromatic carbocycles. The van der Waals surface area contributed by atoms with Crippen LogP contribution in [0.4, 0.5) is 0 Å². The Hall–Kier alpha value is -5.53. The number of aliphatic hydroxyl groups excluding tert-OH is 3. The molecule has 0 saturated heterocycles. The number of β-amino-alcohol motifs (C(OH)–C–C–N with tert-alkyl or cyclic N) is 1. The number of carbonyl (C=O) groups excluding carboxylic acids is 2. The van der Waals surface area contributed by atoms with Gasteiger partial charge in [0.15, 0.2) is 17.5 Å². The first kappa shape index (κ1) is 62.0. The second-order valence-corrected chi connectivity index (χ2v) is 26.4. The Labute approximate surface area is 495 Å². The lowest BCUT2D eigenvalue weighted by molar-refractivity contribution is -0.168. The first-order valence-corrected chi connectivity index (χ1v) is 31.5. The van der Waals surface area contributed by atoms with Crippen molar-refractivity contribution >= 4 is 39.2 Å². The minimum atomic E-state index is -2.21. The van der Waals surface area contributed by atoms with Crippen molar-refractivity contribution in [2.24, 2.45) is 45.4 Å². The molecule has 1 amide bonds. The van der Waals surface area contributed by atoms with Crippen LogP contribution in [0.25, 0.3) is 0 Å². The van der Waals surface area contributed by atoms with Gasteiger partial charge in [0, 0.05) is 66.7 Å². The molecule has 444 valence electrons. The summed E-state index contributed by atoms with van der Waals surface area (Å²) >= 11 is 0. The van der Waals surface area contributed by atoms with E-state index in [0.717, 1.165) is 45.6 Å². The topological polar surface area (TPSA) is 299 Å². The fourth-order valence-corrected chi connectivity index (χ4v) is 16.0. The number of phenols is 1. The van der Waals surface area contributed by atoms with E-state index in [0.29, 0.717) is 66.5 Å². The predicted octanol–water partition coefficient (Wildman–Crippen LogP) is 6.04. The Morgan fingerprint density at radius 2 is 1.72 bits per heavy atom. The number of phenolic OH excluding ortho intramolecular Hbond substituents is 1. The summed E-state index contributed by atoms with van der Waals surface area (Å²) in [7, 11) is 3.38. The zero-order valence-electron chi connectivity index (χ0n) is 47.5. The number of Topliss-reactive ketones (excluding diaryl/α,β-unsaturated/α-hetero) is 1. The lowest BCUT2D eigenvalue weighted by atomic mass is 9.52. The van der Waals surface area contributed by atoms with E-state index in [1.165, 1.54) is 0 Å². The van der Waals surface area contributed by atoms with Crippen LogP contribution in [0.1, 0.15) is 123 Å². The highest BCUT2D eigenvalue weighted by molar-refractivity contribution is 8.76. The number of allylic oxidation sites excluding steroid dienone is 5. The van der Waals surface area contributed by atoms with Gasteiger partial charge in [0.1, 0.15) is 24.1 Å². The molecule has 0 radical (unpaired) electrons. The highest BCUT2D eigenvalue weighted by Crippen LogP contribution is 2.63. The standard InChI is InChI=1S/C65H82N6O10S2/c1-38-8-4-13-45(36-81-48-14-6-9-40(22-28-65(38,79)80)25-29-82-83-37-48)50-24-27-64(59(50)76)54-21-20-47(73)31-41-10-5-11-42(30-41)32-52(53(34-70-62(67)68)43-16-18-46(72)19-17-43)56(75)35-69-58-57-44(12-7-15-51(57)60(66)71-61(58)77)33-55(74)39(2)49(54)23-26-63(64,3)78/h4-5,7-8,10-13,15-19,22,30,47-48,50,52-54,56,58-60,69,72-73,75-76,78-80H,1,9,20-21,23-29,31-37,66H2,2-3H3,(H,71,77)(H4,67,68,70). The number of guanidine groups is 1. The van der Waals surface area contributed by atoms with Gasteiger partial charge in [0.05, 0.1) is 30.5 Å². The van der Waals surface area contributed by atoms with Crippen molar-refractivity contribution in [1.29, 1.82) is 0 Å². The Kier molecular flexibility index (Phi) is 20.0. The van der Waals surface area contributed by atoms with Gasteiger partial charge in [-0.25, -0.2) is 0 Å². The van der Waals surface area contributed by atoms with Crippen molar-refractivity contribution in [3.63, 3.8) is 0 Å². The van der Waals surface area contributed by atoms with E-state index in [1.54, 1.807) is 64.9 Å². The van der Waals surface area contributed by atoms with Crippen LogP contribution in [0.3, 0.4) is 0 Å². The SMILES string of the molecule is C=C1C=CC=C(C2CCC3(C4CCC(O)Cc5cccc(c5)CC(C(CN=C(N)N)c5ccc(O)cc5)C(O)CNC5C(=O)NC(N)c6cccc(c65)CC(=O)C(C)=C4CCC3(C)O)C2O)COC2C#CCC(=CCC1(O)O)CCSSC2. The minimum absolute atomic E-state index is 0.0606. The van der Waals surface area contributed by atoms with Crippen molar-refractivity contribution in [3.8, 4) is 17.6 Å². The number of aromatic hydroxyl groups is 1. The highest BCUT2D eigenvalue weighted by Gasteiger charge is 2.64. The van der Waals surface area contributed by atoms with Crippen molar-refractivity contribution in [2.45, 2.75) is 145 Å². The smallest absolute Gasteiger partial charge is 0.243 e. The average Bonchev–Trinajstić information content (AvgIpc) is 1.95. The van der Waals surface area contributed by atoms with Crippen LogP contribution in [0.5, 0.6) is 5.75 Å². The average molecular weight is 1170 g/mol. The zero-order chi connectivity index (χ0) is 59.2. The molecule has 1 spiro atoms. The molecule has 83 heavy (non-hydrogen) atoms. The molecule has 2 aliphatic carbocycles. The van der Waals surface area contributed by atoms with Crippen LogP contribution in [0.15, 0.2) is 130 Å². The third kappa shape index (κ3) is 14.1. The van der Waals surface area contributed by atoms with Crippen molar-refractivity contribution in [1.82, 2.24) is 10.6 Å². The lowest BCUT2D eigenvalue weighted by Crippen LogP contribution is -2.59. The molecule has 12 atom stereocenters. The lowest BCUT2D eigenvalue weighted by Gasteiger charge is -2.56. The molecule has 3 aromatic rings. The van der Waals surface area contributed by atoms with Gasteiger partial charge in [-0.1, -0.05) is 130 Å². The summed E-state index contributed by atoms with van der Waals surface area (Å²) in [5.41, 5.74) is 23.1. The number of benzene rings is 3. The number of hydrogen-bond acceptors (Lipinski definition) is 15. The molecule has 18 heteroatoms. The maximum absolute atomic E-state index is 15.2. The van der Waals surface area contributed by atoms with Gasteiger partial charge in [-0.05, 0) is 140 Å². The van der Waals surface area contributed by atoms with Gasteiger partial charge in [-0.3, -0.25) is 19.9 Å². The molecule has 2 saturated carbocycles. The summed E-state index contributed by atoms with van der Waals surface area (Å²) in [5.74, 6) is 2.94. The number of amides is 1. The minimum Gasteiger partial charge on any atom is -0.508 e. The zero-order valence-corrected chi connectivity index (χ0v) is 49.1. The van der Waals surface area contributed by atoms with Crippen LogP contribution < -0.4 is 27.8 Å². The molecule has 6 aliphatic rings. The summed E-state index contributed by atoms with van der Waals surface area (Å²) in [6.45, 7) is 7.74. The number of nitrogens with zero attached hydrogens (tertiary/aromatic N) is 1. The Morgan fingerprint density at radius 1 is 0.964 bits per heavy atom. The van der Waals surface area contributed by atoms with Crippen LogP contribution >= 0.6 is 21.6 Å². The molecule has 4 bridgehead atoms. The number of rotatable bonds is 5. The number of aliphatic imine (C=N–C) groups is 1. The number of fused-ring (bicyclic) bond motifs is 7. The second kappa shape index (κ2) is 26.8. The normalized spacial score (nSPS) is 31.6. The highest BCUT2D eigenvalue weighted by atomic mass is 33.1. The maximum Gasteiger partial charge on any atom is 0.243 e. The molecule has 15 N–H and O–H groups in total. The second-order valence-electron chi connectivity index (χ2n) is 23.8. The molecule has 0 aromatic heterocycles. The van der Waals surface area contributed by atoms with Gasteiger partial charge in [-0.2, -0.15) is 0 Å². The summed E-state index contributed by atoms with van der Waals surface area (Å²) < 4.78 is 6.64. The Balaban J connectivity index is 1.12. The molecule has 2 fully saturated rings. The number of nitrogens with one attached hydrogen (secondary N) is 2. The van der Waals surface area contributed by atoms with Crippen molar-refractivity contribution < 1.29 is 50.1 Å². The molecule has 4 heterocycles. The number of aliphatic hydroxyl groups is 6. The van der Waals surface area contributed by atoms with Crippen molar-refractivity contribution in [3.05, 3.63) is 159 Å². The Morgan fingerprint density at radius 3 is 2.49 bits per heavy atom. The van der Waals surface area contributed by atoms with Gasteiger partial charge >= 0.3 is 0 Å². The van der Waals surface area contributed by atoms with Crippen LogP contribution in [0, 0.1) is 35.0 Å². The largest absolute Gasteiger partial charge is 0.508 e. The van der Waals surface area contributed by atoms with E-state index in [-0.39, 0.29) is 74.9 Å². The monoisotopic (exact) mass is 1170 g/mol. The summed E-state index contributed by atoms with van der Waals surface area (Å²) in [6, 6.07) is 19.0. The fraction of sp³-hybridized carbons (Fsp3) is 0.492. The van der Waals surface area contributed by atoms with E-state index >= 15 is 4.79 Å². The molecule has 4 aliphatic heterocycles. The van der Waals surface area contributed by atoms with E-state index < -0.39 is 83.0 Å². The number of carbonyl (C=O) groups is 2. The third-order valence-electron chi connectivity index (χ3n) is 18.5. The molecule has 16 nitrogen and oxygen atoms in total. The summed E-state index contributed by atoms with van der Waals surface area (Å²) in [5, 5.41) is 89.9. The molecular weight excluding hydrogens is 1090 g/mol. The van der Waals surface area contributed by atoms with E-state index in [2.05, 4.69) is 34.0 Å². The van der Waals surface area contributed by atoms with Crippen LogP contribution in [-0.4, -0.2) is 120 Å². The first-order chi connectivity index (χ1) is 39.6. The van der Waals surface area contributed by atoms with Gasteiger partial charge in [0.2, 0.25) is 5.91 Å². The summed E-state index contributed by atoms with van der Waals surface area (Å²) in [4.78, 5) is 33.9. The van der Waals surface area contributed by atoms with E-state index in [4.69, 9.17) is 21.9 Å². The van der Waals surface area contributed by atoms with Gasteiger partial charge in [-0.15, -0.1) is 0 Å². The number of ether oxygens (including phenoxy) is 1. The van der Waals surface area contributed by atoms with Crippen LogP contribution in [0.2, 0.25) is 0 Å². The number of nitrogens with two attached hydrogens (primary N) is 3. The predicted molar refractivity (Wildman–Crippen MR) is 326 cm³/mol. The summed E-state index contributed by atoms with van der Waals surface area (Å²) in [6.07, 6.45) is 6.14. The quantitative estimate of drug-likeness (QED) is 0.0346. The van der Waals surface area contributed by atoms with Gasteiger partial charge in [0.25, 0.3) is 0 Å². The van der Waals surface area contributed by atoms with E-state index in [9.17, 15) is 40.5 Å². The molecule has 9 rings (SSSR count). The van der Waals surface area contributed by atoms with E-state index in [1.807, 2.05) is 61.5 Å². The number of hydrogen-bond donors (Lipinski definition) is 12. The maximum atomic E-state index is 15.2. The van der Waals surface area contributed by atoms with Crippen LogP contribution in [-0.2, 0) is 33.6 Å².